The molecule has 4 heteroatoms. The number of carbonyl (C=O) groups excluding carboxylic acids is 1. The number of ether oxygens (including phenoxy) is 1. The van der Waals surface area contributed by atoms with Gasteiger partial charge in [-0.05, 0) is 20.8 Å². The number of aromatic nitrogens is 2. The maximum absolute atomic E-state index is 11.3. The molecule has 0 bridgehead atoms. The average Bonchev–Trinajstić information content (AvgIpc) is 2.50. The van der Waals surface area contributed by atoms with E-state index in [2.05, 4.69) is 4.98 Å². The Morgan fingerprint density at radius 1 is 1.54 bits per heavy atom. The van der Waals surface area contributed by atoms with E-state index in [-0.39, 0.29) is 12.7 Å². The molecule has 13 heavy (non-hydrogen) atoms. The molecule has 0 atom stereocenters. The first-order chi connectivity index (χ1) is 6.00. The van der Waals surface area contributed by atoms with Gasteiger partial charge in [-0.3, -0.25) is 4.79 Å². The second-order valence-corrected chi connectivity index (χ2v) is 3.89. The van der Waals surface area contributed by atoms with Gasteiger partial charge in [-0.15, -0.1) is 0 Å². The van der Waals surface area contributed by atoms with E-state index in [0.29, 0.717) is 0 Å². The third-order valence-corrected chi connectivity index (χ3v) is 1.52. The number of rotatable bonds is 2. The molecule has 1 rings (SSSR count). The van der Waals surface area contributed by atoms with Crippen molar-refractivity contribution in [1.82, 2.24) is 9.55 Å². The average molecular weight is 182 g/mol. The van der Waals surface area contributed by atoms with Crippen LogP contribution in [0.3, 0.4) is 0 Å². The monoisotopic (exact) mass is 182 g/mol. The third kappa shape index (κ3) is 2.89. The molecule has 0 spiro atoms. The van der Waals surface area contributed by atoms with Gasteiger partial charge in [0, 0.05) is 12.4 Å². The van der Waals surface area contributed by atoms with Crippen LogP contribution in [0, 0.1) is 5.41 Å². The van der Waals surface area contributed by atoms with Gasteiger partial charge in [0.2, 0.25) is 0 Å². The Morgan fingerprint density at radius 2 is 2.23 bits per heavy atom. The number of carbonyl (C=O) groups is 1. The van der Waals surface area contributed by atoms with Crippen molar-refractivity contribution in [2.45, 2.75) is 27.5 Å². The van der Waals surface area contributed by atoms with Crippen molar-refractivity contribution in [3.05, 3.63) is 18.7 Å². The van der Waals surface area contributed by atoms with Gasteiger partial charge in [0.15, 0.2) is 6.73 Å². The zero-order chi connectivity index (χ0) is 9.90. The van der Waals surface area contributed by atoms with Crippen LogP contribution >= 0.6 is 0 Å². The van der Waals surface area contributed by atoms with Crippen molar-refractivity contribution in [2.75, 3.05) is 0 Å². The van der Waals surface area contributed by atoms with Crippen molar-refractivity contribution in [2.24, 2.45) is 5.41 Å². The fourth-order valence-electron chi connectivity index (χ4n) is 0.713. The summed E-state index contributed by atoms with van der Waals surface area (Å²) < 4.78 is 6.73. The zero-order valence-corrected chi connectivity index (χ0v) is 8.15. The van der Waals surface area contributed by atoms with Crippen LogP contribution in [-0.2, 0) is 16.3 Å². The van der Waals surface area contributed by atoms with Gasteiger partial charge in [0.25, 0.3) is 0 Å². The Hall–Kier alpha value is -1.32. The Bertz CT molecular complexity index is 272. The van der Waals surface area contributed by atoms with Crippen LogP contribution in [0.25, 0.3) is 0 Å². The summed E-state index contributed by atoms with van der Waals surface area (Å²) in [4.78, 5) is 15.1. The summed E-state index contributed by atoms with van der Waals surface area (Å²) in [6, 6.07) is 0. The van der Waals surface area contributed by atoms with E-state index in [0.717, 1.165) is 0 Å². The lowest BCUT2D eigenvalue weighted by Gasteiger charge is -2.16. The summed E-state index contributed by atoms with van der Waals surface area (Å²) >= 11 is 0. The van der Waals surface area contributed by atoms with Crippen molar-refractivity contribution in [3.63, 3.8) is 0 Å². The van der Waals surface area contributed by atoms with Gasteiger partial charge < -0.3 is 9.30 Å². The number of imidazole rings is 1. The van der Waals surface area contributed by atoms with Crippen molar-refractivity contribution < 1.29 is 9.53 Å². The largest absolute Gasteiger partial charge is 0.443 e. The maximum Gasteiger partial charge on any atom is 0.312 e. The first kappa shape index (κ1) is 9.77. The zero-order valence-electron chi connectivity index (χ0n) is 8.15. The molecule has 72 valence electrons. The standard InChI is InChI=1S/C9H14N2O2/c1-9(2,3)8(12)13-7-11-5-4-10-6-11/h4-6H,7H2,1-3H3. The third-order valence-electron chi connectivity index (χ3n) is 1.52. The number of hydrogen-bond donors (Lipinski definition) is 0. The van der Waals surface area contributed by atoms with Crippen LogP contribution in [0.4, 0.5) is 0 Å². The van der Waals surface area contributed by atoms with Crippen molar-refractivity contribution >= 4 is 5.97 Å². The van der Waals surface area contributed by atoms with Crippen LogP contribution < -0.4 is 0 Å². The summed E-state index contributed by atoms with van der Waals surface area (Å²) in [7, 11) is 0. The van der Waals surface area contributed by atoms with Gasteiger partial charge in [0.1, 0.15) is 0 Å². The fourth-order valence-corrected chi connectivity index (χ4v) is 0.713. The van der Waals surface area contributed by atoms with E-state index >= 15 is 0 Å². The molecular formula is C9H14N2O2. The van der Waals surface area contributed by atoms with Crippen molar-refractivity contribution in [3.8, 4) is 0 Å². The predicted molar refractivity (Wildman–Crippen MR) is 47.8 cm³/mol. The number of esters is 1. The Labute approximate surface area is 77.5 Å². The minimum atomic E-state index is -0.444. The molecule has 0 aliphatic heterocycles. The summed E-state index contributed by atoms with van der Waals surface area (Å²) in [6.07, 6.45) is 5.00. The highest BCUT2D eigenvalue weighted by Gasteiger charge is 2.22. The number of hydrogen-bond acceptors (Lipinski definition) is 3. The van der Waals surface area contributed by atoms with E-state index in [1.807, 2.05) is 20.8 Å². The quantitative estimate of drug-likeness (QED) is 0.650. The van der Waals surface area contributed by atoms with Gasteiger partial charge in [-0.2, -0.15) is 0 Å². The summed E-state index contributed by atoms with van der Waals surface area (Å²) in [6.45, 7) is 5.70. The van der Waals surface area contributed by atoms with Gasteiger partial charge in [-0.1, -0.05) is 0 Å². The molecule has 0 aromatic carbocycles. The SMILES string of the molecule is CC(C)(C)C(=O)OCn1ccnc1. The molecule has 1 aromatic rings. The maximum atomic E-state index is 11.3. The fraction of sp³-hybridized carbons (Fsp3) is 0.556. The summed E-state index contributed by atoms with van der Waals surface area (Å²) in [5, 5.41) is 0. The molecule has 4 nitrogen and oxygen atoms in total. The molecule has 0 amide bonds. The molecule has 0 fully saturated rings. The molecule has 0 radical (unpaired) electrons. The van der Waals surface area contributed by atoms with E-state index in [9.17, 15) is 4.79 Å². The minimum Gasteiger partial charge on any atom is -0.443 e. The Balaban J connectivity index is 2.40. The molecule has 0 unspecified atom stereocenters. The molecule has 1 aromatic heterocycles. The Kier molecular flexibility index (Phi) is 2.70. The Morgan fingerprint density at radius 3 is 2.69 bits per heavy atom. The highest BCUT2D eigenvalue weighted by Crippen LogP contribution is 2.15. The second kappa shape index (κ2) is 3.60. The highest BCUT2D eigenvalue weighted by molar-refractivity contribution is 5.75. The van der Waals surface area contributed by atoms with Crippen LogP contribution in [0.5, 0.6) is 0 Å². The second-order valence-electron chi connectivity index (χ2n) is 3.89. The topological polar surface area (TPSA) is 44.1 Å². The van der Waals surface area contributed by atoms with E-state index in [4.69, 9.17) is 4.74 Å². The lowest BCUT2D eigenvalue weighted by atomic mass is 9.98. The van der Waals surface area contributed by atoms with E-state index < -0.39 is 5.41 Å². The van der Waals surface area contributed by atoms with Crippen LogP contribution in [0.2, 0.25) is 0 Å². The summed E-state index contributed by atoms with van der Waals surface area (Å²) in [5.74, 6) is -0.207. The highest BCUT2D eigenvalue weighted by atomic mass is 16.5. The molecular weight excluding hydrogens is 168 g/mol. The lowest BCUT2D eigenvalue weighted by Crippen LogP contribution is -2.23. The van der Waals surface area contributed by atoms with Crippen molar-refractivity contribution in [1.29, 1.82) is 0 Å². The minimum absolute atomic E-state index is 0.207. The van der Waals surface area contributed by atoms with Gasteiger partial charge in [0.05, 0.1) is 11.7 Å². The first-order valence-corrected chi connectivity index (χ1v) is 4.13. The lowest BCUT2D eigenvalue weighted by molar-refractivity contribution is -0.156. The van der Waals surface area contributed by atoms with Gasteiger partial charge in [-0.25, -0.2) is 4.98 Å². The van der Waals surface area contributed by atoms with Crippen LogP contribution in [-0.4, -0.2) is 15.5 Å². The van der Waals surface area contributed by atoms with Crippen LogP contribution in [0.1, 0.15) is 20.8 Å². The van der Waals surface area contributed by atoms with E-state index in [1.54, 1.807) is 23.3 Å². The van der Waals surface area contributed by atoms with E-state index in [1.165, 1.54) is 0 Å². The molecule has 0 saturated carbocycles. The molecule has 0 aliphatic carbocycles. The normalized spacial score (nSPS) is 11.3. The molecule has 0 aliphatic rings. The first-order valence-electron chi connectivity index (χ1n) is 4.13. The molecule has 1 heterocycles. The molecule has 0 N–H and O–H groups in total. The van der Waals surface area contributed by atoms with Crippen LogP contribution in [0.15, 0.2) is 18.7 Å². The summed E-state index contributed by atoms with van der Waals surface area (Å²) in [5.41, 5.74) is -0.444. The van der Waals surface area contributed by atoms with Gasteiger partial charge >= 0.3 is 5.97 Å². The number of nitrogens with zero attached hydrogens (tertiary/aromatic N) is 2. The molecule has 0 saturated heterocycles. The predicted octanol–water partition coefficient (Wildman–Crippen LogP) is 1.43. The smallest absolute Gasteiger partial charge is 0.312 e.